The molecule has 2 heterocycles. The third kappa shape index (κ3) is 5.38. The molecule has 2 amide bonds. The fourth-order valence-corrected chi connectivity index (χ4v) is 6.18. The van der Waals surface area contributed by atoms with Gasteiger partial charge in [0.15, 0.2) is 6.04 Å². The first-order chi connectivity index (χ1) is 17.0. The van der Waals surface area contributed by atoms with Crippen molar-refractivity contribution >= 4 is 17.7 Å². The Morgan fingerprint density at radius 3 is 2.66 bits per heavy atom. The van der Waals surface area contributed by atoms with Crippen LogP contribution in [0.15, 0.2) is 18.2 Å². The lowest BCUT2D eigenvalue weighted by Crippen LogP contribution is -2.82. The van der Waals surface area contributed by atoms with Gasteiger partial charge in [-0.25, -0.2) is 4.79 Å². The number of nitrogens with one attached hydrogen (secondary N) is 2. The summed E-state index contributed by atoms with van der Waals surface area (Å²) in [6, 6.07) is 5.56. The minimum absolute atomic E-state index is 0.111. The van der Waals surface area contributed by atoms with E-state index in [0.29, 0.717) is 43.0 Å². The Morgan fingerprint density at radius 1 is 1.09 bits per heavy atom. The average molecular weight is 485 g/mol. The molecule has 0 saturated heterocycles. The summed E-state index contributed by atoms with van der Waals surface area (Å²) >= 11 is 0. The van der Waals surface area contributed by atoms with Crippen LogP contribution in [0.1, 0.15) is 80.1 Å². The molecule has 1 aromatic rings. The molecule has 0 bridgehead atoms. The van der Waals surface area contributed by atoms with E-state index in [9.17, 15) is 14.7 Å². The Balaban J connectivity index is 1.20. The Labute approximate surface area is 207 Å². The fourth-order valence-electron chi connectivity index (χ4n) is 6.18. The van der Waals surface area contributed by atoms with Gasteiger partial charge >= 0.3 is 11.8 Å². The summed E-state index contributed by atoms with van der Waals surface area (Å²) in [6.45, 7) is 1.44. The highest BCUT2D eigenvalue weighted by Gasteiger charge is 2.41. The molecule has 5 rings (SSSR count). The topological polar surface area (TPSA) is 102 Å². The van der Waals surface area contributed by atoms with Crippen LogP contribution in [0.5, 0.6) is 5.75 Å². The summed E-state index contributed by atoms with van der Waals surface area (Å²) in [5, 5.41) is 14.0. The number of amides is 2. The highest BCUT2D eigenvalue weighted by molar-refractivity contribution is 6.01. The minimum atomic E-state index is -0.483. The number of methoxy groups -OCH3 is 1. The first-order valence-corrected chi connectivity index (χ1v) is 13.2. The normalized spacial score (nSPS) is 31.3. The number of aliphatic hydroxyl groups is 1. The lowest BCUT2D eigenvalue weighted by Gasteiger charge is -2.35. The SMILES string of the molecule is COC1CCC(CNC2CCCCC2Oc2ccc3c(c2)CN(C2CCC(=O)[NH+]=C2O)C3=O)CC1. The Morgan fingerprint density at radius 2 is 1.89 bits per heavy atom. The van der Waals surface area contributed by atoms with Crippen molar-refractivity contribution in [2.45, 2.75) is 95.0 Å². The largest absolute Gasteiger partial charge is 0.489 e. The summed E-state index contributed by atoms with van der Waals surface area (Å²) in [5.41, 5.74) is 1.56. The third-order valence-electron chi connectivity index (χ3n) is 8.30. The van der Waals surface area contributed by atoms with Gasteiger partial charge in [0.05, 0.1) is 12.5 Å². The molecular formula is C27H38N3O5+. The van der Waals surface area contributed by atoms with Gasteiger partial charge in [0.25, 0.3) is 5.91 Å². The van der Waals surface area contributed by atoms with Gasteiger partial charge in [-0.2, -0.15) is 0 Å². The lowest BCUT2D eigenvalue weighted by molar-refractivity contribution is -0.394. The van der Waals surface area contributed by atoms with Gasteiger partial charge < -0.3 is 24.8 Å². The van der Waals surface area contributed by atoms with Gasteiger partial charge in [0.2, 0.25) is 0 Å². The van der Waals surface area contributed by atoms with Crippen LogP contribution in [0, 0.1) is 5.92 Å². The molecule has 0 radical (unpaired) electrons. The maximum absolute atomic E-state index is 13.0. The quantitative estimate of drug-likeness (QED) is 0.546. The number of benzene rings is 1. The first kappa shape index (κ1) is 24.3. The highest BCUT2D eigenvalue weighted by atomic mass is 16.5. The van der Waals surface area contributed by atoms with Crippen LogP contribution in [0.4, 0.5) is 0 Å². The second-order valence-corrected chi connectivity index (χ2v) is 10.6. The average Bonchev–Trinajstić information content (AvgIpc) is 3.19. The number of ether oxygens (including phenoxy) is 2. The molecular weight excluding hydrogens is 446 g/mol. The standard InChI is InChI=1S/C27H37N3O5/c1-34-19-8-6-17(7-9-19)15-28-22-4-2-3-5-24(22)35-20-10-11-21-18(14-20)16-30(27(21)33)23-12-13-25(31)29-26(23)32/h10-11,14,17,19,22-24,28H,2-9,12-13,15-16H2,1H3,(H,29,31,32)/p+1. The monoisotopic (exact) mass is 484 g/mol. The van der Waals surface area contributed by atoms with Crippen molar-refractivity contribution in [1.29, 1.82) is 0 Å². The van der Waals surface area contributed by atoms with Gasteiger partial charge in [-0.1, -0.05) is 6.42 Å². The van der Waals surface area contributed by atoms with Crippen LogP contribution < -0.4 is 15.0 Å². The zero-order valence-electron chi connectivity index (χ0n) is 20.6. The molecule has 35 heavy (non-hydrogen) atoms. The van der Waals surface area contributed by atoms with Crippen molar-refractivity contribution in [3.63, 3.8) is 0 Å². The molecule has 3 atom stereocenters. The summed E-state index contributed by atoms with van der Waals surface area (Å²) in [5.74, 6) is 1.05. The molecule has 0 aromatic heterocycles. The van der Waals surface area contributed by atoms with E-state index in [4.69, 9.17) is 9.47 Å². The summed E-state index contributed by atoms with van der Waals surface area (Å²) in [4.78, 5) is 28.6. The molecule has 3 N–H and O–H groups in total. The highest BCUT2D eigenvalue weighted by Crippen LogP contribution is 2.32. The Kier molecular flexibility index (Phi) is 7.39. The van der Waals surface area contributed by atoms with Gasteiger partial charge in [-0.3, -0.25) is 4.79 Å². The van der Waals surface area contributed by atoms with Crippen LogP contribution in [-0.2, 0) is 16.1 Å². The molecule has 190 valence electrons. The van der Waals surface area contributed by atoms with E-state index in [1.165, 1.54) is 25.7 Å². The van der Waals surface area contributed by atoms with Crippen LogP contribution >= 0.6 is 0 Å². The number of rotatable bonds is 7. The zero-order valence-corrected chi connectivity index (χ0v) is 20.6. The van der Waals surface area contributed by atoms with E-state index >= 15 is 0 Å². The number of hydrogen-bond acceptors (Lipinski definition) is 5. The van der Waals surface area contributed by atoms with Crippen molar-refractivity contribution in [2.24, 2.45) is 5.92 Å². The molecule has 1 aromatic carbocycles. The van der Waals surface area contributed by atoms with Crippen LogP contribution in [0.25, 0.3) is 0 Å². The summed E-state index contributed by atoms with van der Waals surface area (Å²) < 4.78 is 12.0. The van der Waals surface area contributed by atoms with E-state index in [2.05, 4.69) is 10.3 Å². The molecule has 4 aliphatic rings. The van der Waals surface area contributed by atoms with Crippen molar-refractivity contribution in [3.8, 4) is 5.75 Å². The molecule has 2 aliphatic carbocycles. The third-order valence-corrected chi connectivity index (χ3v) is 8.30. The number of carbonyl (C=O) groups excluding carboxylic acids is 2. The molecule has 8 heteroatoms. The number of carbonyl (C=O) groups is 2. The molecule has 2 aliphatic heterocycles. The van der Waals surface area contributed by atoms with Crippen LogP contribution in [-0.4, -0.2) is 65.7 Å². The molecule has 2 saturated carbocycles. The number of aliphatic hydroxyl groups excluding tert-OH is 1. The minimum Gasteiger partial charge on any atom is -0.489 e. The zero-order chi connectivity index (χ0) is 24.4. The van der Waals surface area contributed by atoms with Crippen molar-refractivity contribution in [2.75, 3.05) is 13.7 Å². The summed E-state index contributed by atoms with van der Waals surface area (Å²) in [6.07, 6.45) is 10.6. The number of nitrogens with zero attached hydrogens (tertiary/aromatic N) is 1. The molecule has 8 nitrogen and oxygen atoms in total. The number of hydrogen-bond donors (Lipinski definition) is 3. The van der Waals surface area contributed by atoms with Gasteiger partial charge in [0.1, 0.15) is 11.9 Å². The van der Waals surface area contributed by atoms with Crippen LogP contribution in [0.2, 0.25) is 0 Å². The predicted octanol–water partition coefficient (Wildman–Crippen LogP) is 1.85. The van der Waals surface area contributed by atoms with Gasteiger partial charge in [-0.15, -0.1) is 4.99 Å². The number of fused-ring (bicyclic) bond motifs is 1. The predicted molar refractivity (Wildman–Crippen MR) is 130 cm³/mol. The van der Waals surface area contributed by atoms with Crippen molar-refractivity contribution < 1.29 is 29.2 Å². The van der Waals surface area contributed by atoms with Crippen molar-refractivity contribution in [1.82, 2.24) is 10.2 Å². The van der Waals surface area contributed by atoms with E-state index < -0.39 is 6.04 Å². The lowest BCUT2D eigenvalue weighted by atomic mass is 9.86. The van der Waals surface area contributed by atoms with E-state index in [0.717, 1.165) is 43.5 Å². The fraction of sp³-hybridized carbons (Fsp3) is 0.667. The van der Waals surface area contributed by atoms with E-state index in [-0.39, 0.29) is 23.8 Å². The molecule has 2 fully saturated rings. The second-order valence-electron chi connectivity index (χ2n) is 10.6. The second kappa shape index (κ2) is 10.7. The smallest absolute Gasteiger partial charge is 0.388 e. The maximum atomic E-state index is 13.0. The van der Waals surface area contributed by atoms with Gasteiger partial charge in [-0.05, 0) is 87.6 Å². The van der Waals surface area contributed by atoms with Gasteiger partial charge in [0, 0.05) is 25.3 Å². The van der Waals surface area contributed by atoms with E-state index in [1.807, 2.05) is 25.3 Å². The first-order valence-electron chi connectivity index (χ1n) is 13.2. The summed E-state index contributed by atoms with van der Waals surface area (Å²) in [7, 11) is 1.82. The van der Waals surface area contributed by atoms with Crippen molar-refractivity contribution in [3.05, 3.63) is 29.3 Å². The molecule has 3 unspecified atom stereocenters. The Bertz CT molecular complexity index is 972. The maximum Gasteiger partial charge on any atom is 0.388 e. The van der Waals surface area contributed by atoms with Crippen LogP contribution in [0.3, 0.4) is 0 Å². The Hall–Kier alpha value is -2.45. The molecule has 0 spiro atoms. The van der Waals surface area contributed by atoms with E-state index in [1.54, 1.807) is 4.90 Å².